The highest BCUT2D eigenvalue weighted by Crippen LogP contribution is 2.49. The molecule has 1 N–H and O–H groups in total. The molecule has 1 aliphatic carbocycles. The van der Waals surface area contributed by atoms with E-state index in [9.17, 15) is 9.90 Å². The number of benzene rings is 1. The molecule has 1 saturated heterocycles. The smallest absolute Gasteiger partial charge is 0.257 e. The van der Waals surface area contributed by atoms with E-state index >= 15 is 0 Å². The van der Waals surface area contributed by atoms with Gasteiger partial charge in [-0.1, -0.05) is 41.4 Å². The SMILES string of the molecule is CO[C@]1(C2=CC=C(Cl)CC2)c2ccc(C(C)(O)CN(C)C3CCN(C)CC3)cc2C(=O)N1Cc1ccc(Cl)cn1. The molecule has 1 fully saturated rings. The van der Waals surface area contributed by atoms with Crippen LogP contribution in [0.5, 0.6) is 0 Å². The van der Waals surface area contributed by atoms with Crippen molar-refractivity contribution in [2.75, 3.05) is 40.8 Å². The van der Waals surface area contributed by atoms with Gasteiger partial charge in [-0.2, -0.15) is 0 Å². The van der Waals surface area contributed by atoms with Gasteiger partial charge in [-0.3, -0.25) is 14.7 Å². The maximum atomic E-state index is 14.2. The van der Waals surface area contributed by atoms with Crippen molar-refractivity contribution in [2.24, 2.45) is 0 Å². The first-order valence-electron chi connectivity index (χ1n) is 13.8. The van der Waals surface area contributed by atoms with E-state index in [1.807, 2.05) is 43.3 Å². The van der Waals surface area contributed by atoms with Crippen LogP contribution in [-0.4, -0.2) is 77.6 Å². The van der Waals surface area contributed by atoms with Gasteiger partial charge in [0.25, 0.3) is 5.91 Å². The van der Waals surface area contributed by atoms with Gasteiger partial charge < -0.3 is 19.6 Å². The third-order valence-corrected chi connectivity index (χ3v) is 9.21. The Kier molecular flexibility index (Phi) is 8.44. The second-order valence-corrected chi connectivity index (χ2v) is 12.4. The largest absolute Gasteiger partial charge is 0.384 e. The number of halogens is 2. The fraction of sp³-hybridized carbons (Fsp3) is 0.484. The Morgan fingerprint density at radius 2 is 1.93 bits per heavy atom. The summed E-state index contributed by atoms with van der Waals surface area (Å²) in [5.41, 5.74) is 1.38. The summed E-state index contributed by atoms with van der Waals surface area (Å²) in [6.45, 7) is 4.64. The first-order chi connectivity index (χ1) is 19.0. The van der Waals surface area contributed by atoms with Gasteiger partial charge in [-0.25, -0.2) is 0 Å². The summed E-state index contributed by atoms with van der Waals surface area (Å²) in [7, 11) is 5.86. The molecule has 0 spiro atoms. The van der Waals surface area contributed by atoms with Crippen molar-refractivity contribution < 1.29 is 14.6 Å². The number of hydrogen-bond donors (Lipinski definition) is 1. The molecule has 40 heavy (non-hydrogen) atoms. The average molecular weight is 586 g/mol. The molecule has 1 unspecified atom stereocenters. The molecule has 7 nitrogen and oxygen atoms in total. The summed E-state index contributed by atoms with van der Waals surface area (Å²) < 4.78 is 6.29. The number of ether oxygens (including phenoxy) is 1. The lowest BCUT2D eigenvalue weighted by Gasteiger charge is -2.40. The Morgan fingerprint density at radius 3 is 2.55 bits per heavy atom. The second kappa shape index (κ2) is 11.6. The van der Waals surface area contributed by atoms with Crippen LogP contribution in [0.4, 0.5) is 0 Å². The summed E-state index contributed by atoms with van der Waals surface area (Å²) in [4.78, 5) is 24.9. The molecule has 3 heterocycles. The fourth-order valence-electron chi connectivity index (χ4n) is 6.36. The van der Waals surface area contributed by atoms with Crippen LogP contribution < -0.4 is 0 Å². The van der Waals surface area contributed by atoms with Crippen LogP contribution in [0, 0.1) is 0 Å². The van der Waals surface area contributed by atoms with Gasteiger partial charge in [0.1, 0.15) is 0 Å². The molecule has 0 saturated carbocycles. The number of likely N-dealkylation sites (tertiary alicyclic amines) is 1. The third kappa shape index (κ3) is 5.48. The zero-order chi connectivity index (χ0) is 28.7. The molecule has 2 aromatic rings. The number of allylic oxidation sites excluding steroid dienone is 3. The number of piperidine rings is 1. The minimum Gasteiger partial charge on any atom is -0.384 e. The fourth-order valence-corrected chi connectivity index (χ4v) is 6.63. The minimum absolute atomic E-state index is 0.170. The molecular weight excluding hydrogens is 547 g/mol. The predicted octanol–water partition coefficient (Wildman–Crippen LogP) is 5.27. The number of rotatable bonds is 8. The molecular formula is C31H38Cl2N4O3. The van der Waals surface area contributed by atoms with Crippen LogP contribution in [-0.2, 0) is 22.6 Å². The monoisotopic (exact) mass is 584 g/mol. The normalized spacial score (nSPS) is 23.7. The highest BCUT2D eigenvalue weighted by atomic mass is 35.5. The van der Waals surface area contributed by atoms with Gasteiger partial charge >= 0.3 is 0 Å². The van der Waals surface area contributed by atoms with E-state index in [-0.39, 0.29) is 12.5 Å². The minimum atomic E-state index is -1.14. The number of nitrogens with zero attached hydrogens (tertiary/aromatic N) is 4. The predicted molar refractivity (Wildman–Crippen MR) is 158 cm³/mol. The lowest BCUT2D eigenvalue weighted by molar-refractivity contribution is -0.0920. The zero-order valence-electron chi connectivity index (χ0n) is 23.7. The van der Waals surface area contributed by atoms with Crippen molar-refractivity contribution in [3.05, 3.63) is 86.7 Å². The standard InChI is InChI=1S/C31H38Cl2N4O3/c1-30(39,20-36(3)26-13-15-35(2)16-14-26)22-7-12-28-27(17-22)29(38)37(19-25-11-10-24(33)18-34-25)31(28,40-4)21-5-8-23(32)9-6-21/h5,7-8,10-12,17-18,26,39H,6,9,13-16,19-20H2,1-4H3/t30?,31-/m1/s1. The van der Waals surface area contributed by atoms with E-state index in [1.54, 1.807) is 24.3 Å². The number of carbonyl (C=O) groups is 1. The van der Waals surface area contributed by atoms with Crippen molar-refractivity contribution in [3.8, 4) is 0 Å². The Hall–Kier alpha value is -2.26. The zero-order valence-corrected chi connectivity index (χ0v) is 25.2. The summed E-state index contributed by atoms with van der Waals surface area (Å²) in [6, 6.07) is 9.71. The summed E-state index contributed by atoms with van der Waals surface area (Å²) in [5.74, 6) is -0.170. The number of methoxy groups -OCH3 is 1. The summed E-state index contributed by atoms with van der Waals surface area (Å²) in [6.07, 6.45) is 8.89. The van der Waals surface area contributed by atoms with Crippen LogP contribution in [0.25, 0.3) is 0 Å². The lowest BCUT2D eigenvalue weighted by atomic mass is 9.85. The van der Waals surface area contributed by atoms with Gasteiger partial charge in [0.05, 0.1) is 22.9 Å². The van der Waals surface area contributed by atoms with Crippen molar-refractivity contribution in [1.29, 1.82) is 0 Å². The highest BCUT2D eigenvalue weighted by Gasteiger charge is 2.53. The Balaban J connectivity index is 1.51. The van der Waals surface area contributed by atoms with E-state index in [4.69, 9.17) is 27.9 Å². The molecule has 1 aromatic carbocycles. The highest BCUT2D eigenvalue weighted by molar-refractivity contribution is 6.30. The van der Waals surface area contributed by atoms with Gasteiger partial charge in [-0.05, 0) is 95.2 Å². The molecule has 3 aliphatic rings. The average Bonchev–Trinajstić information content (AvgIpc) is 3.17. The van der Waals surface area contributed by atoms with Crippen LogP contribution in [0.3, 0.4) is 0 Å². The number of amides is 1. The van der Waals surface area contributed by atoms with Gasteiger partial charge in [0.2, 0.25) is 0 Å². The topological polar surface area (TPSA) is 69.1 Å². The molecule has 1 aromatic heterocycles. The molecule has 0 bridgehead atoms. The van der Waals surface area contributed by atoms with Crippen molar-refractivity contribution >= 4 is 29.1 Å². The lowest BCUT2D eigenvalue weighted by Crippen LogP contribution is -2.47. The molecule has 2 aliphatic heterocycles. The number of likely N-dealkylation sites (N-methyl/N-ethyl adjacent to an activating group) is 1. The molecule has 5 rings (SSSR count). The number of fused-ring (bicyclic) bond motifs is 1. The maximum absolute atomic E-state index is 14.2. The van der Waals surface area contributed by atoms with Gasteiger partial charge in [0.15, 0.2) is 5.72 Å². The third-order valence-electron chi connectivity index (χ3n) is 8.67. The number of pyridine rings is 1. The van der Waals surface area contributed by atoms with Crippen molar-refractivity contribution in [3.63, 3.8) is 0 Å². The van der Waals surface area contributed by atoms with Gasteiger partial charge in [0, 0.05) is 42.1 Å². The maximum Gasteiger partial charge on any atom is 0.257 e. The van der Waals surface area contributed by atoms with Crippen LogP contribution in [0.1, 0.15) is 59.8 Å². The summed E-state index contributed by atoms with van der Waals surface area (Å²) >= 11 is 12.4. The van der Waals surface area contributed by atoms with Crippen LogP contribution >= 0.6 is 23.2 Å². The van der Waals surface area contributed by atoms with E-state index in [0.717, 1.165) is 42.1 Å². The number of aromatic nitrogens is 1. The van der Waals surface area contributed by atoms with Crippen molar-refractivity contribution in [2.45, 2.75) is 56.5 Å². The first-order valence-corrected chi connectivity index (χ1v) is 14.6. The number of hydrogen-bond acceptors (Lipinski definition) is 6. The quantitative estimate of drug-likeness (QED) is 0.456. The van der Waals surface area contributed by atoms with E-state index < -0.39 is 11.3 Å². The Bertz CT molecular complexity index is 1320. The van der Waals surface area contributed by atoms with E-state index in [1.165, 1.54) is 0 Å². The number of carbonyl (C=O) groups excluding carboxylic acids is 1. The van der Waals surface area contributed by atoms with E-state index in [0.29, 0.717) is 47.3 Å². The Labute approximate surface area is 247 Å². The second-order valence-electron chi connectivity index (χ2n) is 11.5. The molecule has 1 amide bonds. The van der Waals surface area contributed by atoms with Crippen LogP contribution in [0.2, 0.25) is 5.02 Å². The molecule has 0 radical (unpaired) electrons. The van der Waals surface area contributed by atoms with Crippen molar-refractivity contribution in [1.82, 2.24) is 19.7 Å². The first kappa shape index (κ1) is 29.2. The molecule has 214 valence electrons. The van der Waals surface area contributed by atoms with Gasteiger partial charge in [-0.15, -0.1) is 0 Å². The van der Waals surface area contributed by atoms with Crippen LogP contribution in [0.15, 0.2) is 59.3 Å². The number of aliphatic hydroxyl groups is 1. The van der Waals surface area contributed by atoms with E-state index in [2.05, 4.69) is 28.9 Å². The molecule has 9 heteroatoms. The summed E-state index contributed by atoms with van der Waals surface area (Å²) in [5, 5.41) is 13.0. The molecule has 2 atom stereocenters. The Morgan fingerprint density at radius 1 is 1.18 bits per heavy atom.